The van der Waals surface area contributed by atoms with E-state index in [9.17, 15) is 35.9 Å². The molecular weight excluding hydrogens is 406 g/mol. The minimum atomic E-state index is -5.05. The Morgan fingerprint density at radius 1 is 0.931 bits per heavy atom. The Morgan fingerprint density at radius 3 is 1.90 bits per heavy atom. The first-order valence-electron chi connectivity index (χ1n) is 7.94. The molecule has 29 heavy (non-hydrogen) atoms. The number of hydrogen-bond donors (Lipinski definition) is 2. The van der Waals surface area contributed by atoms with Gasteiger partial charge in [-0.25, -0.2) is 0 Å². The lowest BCUT2D eigenvalue weighted by Gasteiger charge is -2.17. The number of nitrogens with two attached hydrogens (primary N) is 1. The summed E-state index contributed by atoms with van der Waals surface area (Å²) in [5.74, 6) is -2.69. The topological polar surface area (TPSA) is 81.4 Å². The molecule has 0 saturated heterocycles. The summed E-state index contributed by atoms with van der Waals surface area (Å²) in [6, 6.07) is 7.17. The first-order chi connectivity index (χ1) is 13.4. The molecule has 0 aliphatic rings. The molecule has 0 fully saturated rings. The fraction of sp³-hybridized carbons (Fsp3) is 0.222. The third kappa shape index (κ3) is 6.13. The van der Waals surface area contributed by atoms with Crippen LogP contribution in [0.25, 0.3) is 0 Å². The molecule has 1 unspecified atom stereocenters. The SMILES string of the molecule is NC(=O)C(NC(=O)COc1cc(C(F)(F)F)cc(C(F)(F)F)c1)c1ccccc1. The van der Waals surface area contributed by atoms with E-state index in [0.717, 1.165) is 0 Å². The fourth-order valence-electron chi connectivity index (χ4n) is 2.33. The number of nitrogens with one attached hydrogen (secondary N) is 1. The maximum absolute atomic E-state index is 12.8. The Balaban J connectivity index is 2.16. The van der Waals surface area contributed by atoms with Gasteiger partial charge in [0.25, 0.3) is 5.91 Å². The van der Waals surface area contributed by atoms with Crippen LogP contribution in [0.5, 0.6) is 5.75 Å². The number of amides is 2. The van der Waals surface area contributed by atoms with Crippen LogP contribution in [0.4, 0.5) is 26.3 Å². The van der Waals surface area contributed by atoms with Crippen LogP contribution >= 0.6 is 0 Å². The molecule has 0 spiro atoms. The molecule has 0 bridgehead atoms. The molecule has 156 valence electrons. The van der Waals surface area contributed by atoms with Crippen molar-refractivity contribution < 1.29 is 40.7 Å². The number of carbonyl (C=O) groups is 2. The zero-order chi connectivity index (χ0) is 21.8. The normalized spacial score (nSPS) is 12.9. The Hall–Kier alpha value is -3.24. The van der Waals surface area contributed by atoms with Crippen molar-refractivity contribution in [2.75, 3.05) is 6.61 Å². The van der Waals surface area contributed by atoms with Crippen molar-refractivity contribution in [3.8, 4) is 5.75 Å². The highest BCUT2D eigenvalue weighted by Crippen LogP contribution is 2.38. The predicted molar refractivity (Wildman–Crippen MR) is 88.5 cm³/mol. The number of alkyl halides is 6. The van der Waals surface area contributed by atoms with E-state index in [1.807, 2.05) is 0 Å². The van der Waals surface area contributed by atoms with E-state index in [0.29, 0.717) is 17.7 Å². The van der Waals surface area contributed by atoms with Crippen molar-refractivity contribution in [1.29, 1.82) is 0 Å². The van der Waals surface area contributed by atoms with E-state index in [1.54, 1.807) is 18.2 Å². The molecule has 5 nitrogen and oxygen atoms in total. The lowest BCUT2D eigenvalue weighted by molar-refractivity contribution is -0.143. The number of ether oxygens (including phenoxy) is 1. The zero-order valence-corrected chi connectivity index (χ0v) is 14.5. The molecule has 0 aliphatic carbocycles. The number of rotatable bonds is 6. The van der Waals surface area contributed by atoms with Gasteiger partial charge in [-0.3, -0.25) is 9.59 Å². The monoisotopic (exact) mass is 420 g/mol. The summed E-state index contributed by atoms with van der Waals surface area (Å²) in [5.41, 5.74) is 2.39. The van der Waals surface area contributed by atoms with E-state index < -0.39 is 53.7 Å². The minimum Gasteiger partial charge on any atom is -0.484 e. The first kappa shape index (κ1) is 22.1. The van der Waals surface area contributed by atoms with Crippen LogP contribution in [0.15, 0.2) is 48.5 Å². The standard InChI is InChI=1S/C18H14F6N2O3/c19-17(20,21)11-6-12(18(22,23)24)8-13(7-11)29-9-14(27)26-15(16(25)28)10-4-2-1-3-5-10/h1-8,15H,9H2,(H2,25,28)(H,26,27). The van der Waals surface area contributed by atoms with E-state index in [2.05, 4.69) is 5.32 Å². The van der Waals surface area contributed by atoms with Crippen molar-refractivity contribution in [3.63, 3.8) is 0 Å². The second kappa shape index (κ2) is 8.41. The lowest BCUT2D eigenvalue weighted by Crippen LogP contribution is -2.39. The Morgan fingerprint density at radius 2 is 1.45 bits per heavy atom. The van der Waals surface area contributed by atoms with Crippen LogP contribution < -0.4 is 15.8 Å². The van der Waals surface area contributed by atoms with Gasteiger partial charge in [-0.15, -0.1) is 0 Å². The third-order valence-corrected chi connectivity index (χ3v) is 3.65. The van der Waals surface area contributed by atoms with Crippen LogP contribution in [0.1, 0.15) is 22.7 Å². The largest absolute Gasteiger partial charge is 0.484 e. The van der Waals surface area contributed by atoms with Gasteiger partial charge in [0.2, 0.25) is 5.91 Å². The maximum atomic E-state index is 12.8. The number of benzene rings is 2. The number of halogens is 6. The predicted octanol–water partition coefficient (Wildman–Crippen LogP) is 3.45. The van der Waals surface area contributed by atoms with Crippen LogP contribution in [0.3, 0.4) is 0 Å². The van der Waals surface area contributed by atoms with Crippen molar-refractivity contribution in [3.05, 3.63) is 65.2 Å². The minimum absolute atomic E-state index is 0.0640. The molecule has 2 aromatic rings. The Kier molecular flexibility index (Phi) is 6.40. The highest BCUT2D eigenvalue weighted by Gasteiger charge is 2.37. The summed E-state index contributed by atoms with van der Waals surface area (Å²) in [7, 11) is 0. The van der Waals surface area contributed by atoms with Gasteiger partial charge >= 0.3 is 12.4 Å². The molecule has 0 radical (unpaired) electrons. The van der Waals surface area contributed by atoms with Gasteiger partial charge in [0.1, 0.15) is 11.8 Å². The van der Waals surface area contributed by atoms with E-state index in [-0.39, 0.29) is 6.07 Å². The molecule has 2 rings (SSSR count). The molecule has 11 heteroatoms. The second-order valence-electron chi connectivity index (χ2n) is 5.84. The van der Waals surface area contributed by atoms with E-state index in [4.69, 9.17) is 10.5 Å². The van der Waals surface area contributed by atoms with Crippen LogP contribution in [-0.2, 0) is 21.9 Å². The molecular formula is C18H14F6N2O3. The van der Waals surface area contributed by atoms with Crippen molar-refractivity contribution in [2.45, 2.75) is 18.4 Å². The van der Waals surface area contributed by atoms with Gasteiger partial charge in [0, 0.05) is 0 Å². The van der Waals surface area contributed by atoms with Crippen molar-refractivity contribution >= 4 is 11.8 Å². The third-order valence-electron chi connectivity index (χ3n) is 3.65. The smallest absolute Gasteiger partial charge is 0.416 e. The second-order valence-corrected chi connectivity index (χ2v) is 5.84. The lowest BCUT2D eigenvalue weighted by atomic mass is 10.1. The molecule has 3 N–H and O–H groups in total. The number of primary amides is 1. The van der Waals surface area contributed by atoms with Crippen LogP contribution in [0.2, 0.25) is 0 Å². The van der Waals surface area contributed by atoms with Crippen LogP contribution in [-0.4, -0.2) is 18.4 Å². The van der Waals surface area contributed by atoms with Gasteiger partial charge in [0.05, 0.1) is 11.1 Å². The maximum Gasteiger partial charge on any atom is 0.416 e. The molecule has 0 saturated carbocycles. The Bertz CT molecular complexity index is 849. The van der Waals surface area contributed by atoms with Crippen molar-refractivity contribution in [2.24, 2.45) is 5.73 Å². The van der Waals surface area contributed by atoms with Gasteiger partial charge in [-0.1, -0.05) is 30.3 Å². The molecule has 2 amide bonds. The summed E-state index contributed by atoms with van der Waals surface area (Å²) in [6.45, 7) is -0.935. The molecule has 1 atom stereocenters. The molecule has 0 aliphatic heterocycles. The fourth-order valence-corrected chi connectivity index (χ4v) is 2.33. The molecule has 0 heterocycles. The summed E-state index contributed by atoms with van der Waals surface area (Å²) in [6.07, 6.45) is -10.1. The summed E-state index contributed by atoms with van der Waals surface area (Å²) >= 11 is 0. The highest BCUT2D eigenvalue weighted by molar-refractivity contribution is 5.88. The van der Waals surface area contributed by atoms with E-state index in [1.165, 1.54) is 12.1 Å². The number of carbonyl (C=O) groups excluding carboxylic acids is 2. The quantitative estimate of drug-likeness (QED) is 0.703. The van der Waals surface area contributed by atoms with E-state index >= 15 is 0 Å². The summed E-state index contributed by atoms with van der Waals surface area (Å²) in [5, 5.41) is 2.21. The van der Waals surface area contributed by atoms with Crippen LogP contribution in [0, 0.1) is 0 Å². The van der Waals surface area contributed by atoms with Gasteiger partial charge in [-0.05, 0) is 23.8 Å². The van der Waals surface area contributed by atoms with Crippen molar-refractivity contribution in [1.82, 2.24) is 5.32 Å². The average molecular weight is 420 g/mol. The zero-order valence-electron chi connectivity index (χ0n) is 14.5. The summed E-state index contributed by atoms with van der Waals surface area (Å²) < 4.78 is 81.8. The van der Waals surface area contributed by atoms with Gasteiger partial charge in [-0.2, -0.15) is 26.3 Å². The van der Waals surface area contributed by atoms with Gasteiger partial charge in [0.15, 0.2) is 6.61 Å². The van der Waals surface area contributed by atoms with Gasteiger partial charge < -0.3 is 15.8 Å². The first-order valence-corrected chi connectivity index (χ1v) is 7.94. The molecule has 0 aromatic heterocycles. The highest BCUT2D eigenvalue weighted by atomic mass is 19.4. The summed E-state index contributed by atoms with van der Waals surface area (Å²) in [4.78, 5) is 23.5. The Labute approximate surface area is 160 Å². The number of hydrogen-bond acceptors (Lipinski definition) is 3. The molecule has 2 aromatic carbocycles. The average Bonchev–Trinajstić information content (AvgIpc) is 2.63.